The van der Waals surface area contributed by atoms with E-state index in [4.69, 9.17) is 0 Å². The van der Waals surface area contributed by atoms with Crippen molar-refractivity contribution in [3.8, 4) is 0 Å². The van der Waals surface area contributed by atoms with Crippen LogP contribution in [0.25, 0.3) is 0 Å². The maximum absolute atomic E-state index is 13.7. The highest BCUT2D eigenvalue weighted by Crippen LogP contribution is 2.20. The van der Waals surface area contributed by atoms with Gasteiger partial charge in [0.2, 0.25) is 5.91 Å². The van der Waals surface area contributed by atoms with Crippen molar-refractivity contribution in [2.24, 2.45) is 0 Å². The summed E-state index contributed by atoms with van der Waals surface area (Å²) in [4.78, 5) is 12.5. The summed E-state index contributed by atoms with van der Waals surface area (Å²) in [6.07, 6.45) is 2.17. The van der Waals surface area contributed by atoms with Crippen LogP contribution in [0.15, 0.2) is 60.8 Å². The number of hydrogen-bond acceptors (Lipinski definition) is 4. The largest absolute Gasteiger partial charge is 0.387 e. The molecule has 0 radical (unpaired) electrons. The van der Waals surface area contributed by atoms with Gasteiger partial charge in [-0.3, -0.25) is 4.79 Å². The summed E-state index contributed by atoms with van der Waals surface area (Å²) < 4.78 is 15.1. The molecule has 2 N–H and O–H groups in total. The van der Waals surface area contributed by atoms with E-state index in [0.717, 1.165) is 12.0 Å². The van der Waals surface area contributed by atoms with Crippen LogP contribution in [0.1, 0.15) is 42.3 Å². The number of rotatable bonds is 8. The second-order valence-corrected chi connectivity index (χ2v) is 6.72. The second kappa shape index (κ2) is 9.23. The third kappa shape index (κ3) is 5.47. The number of hydrogen-bond donors (Lipinski definition) is 2. The highest BCUT2D eigenvalue weighted by molar-refractivity contribution is 5.76. The van der Waals surface area contributed by atoms with Gasteiger partial charge in [-0.15, -0.1) is 5.10 Å². The molecule has 3 rings (SSSR count). The van der Waals surface area contributed by atoms with Crippen LogP contribution < -0.4 is 5.32 Å². The standard InChI is InChI=1S/C21H23FN4O2/c1-15(27)20-13-26(25-24-20)14-21(28)23-19(17-8-5-9-18(22)12-17)11-10-16-6-3-2-4-7-16/h2-9,12-13,15,19,27H,10-11,14H2,1H3,(H,23,28). The first-order chi connectivity index (χ1) is 13.5. The fourth-order valence-corrected chi connectivity index (χ4v) is 2.97. The van der Waals surface area contributed by atoms with Crippen LogP contribution >= 0.6 is 0 Å². The maximum Gasteiger partial charge on any atom is 0.242 e. The highest BCUT2D eigenvalue weighted by atomic mass is 19.1. The number of aliphatic hydroxyl groups excluding tert-OH is 1. The van der Waals surface area contributed by atoms with Crippen molar-refractivity contribution >= 4 is 5.91 Å². The minimum Gasteiger partial charge on any atom is -0.387 e. The van der Waals surface area contributed by atoms with Gasteiger partial charge in [0.05, 0.1) is 18.3 Å². The zero-order chi connectivity index (χ0) is 19.9. The normalized spacial score (nSPS) is 13.1. The number of amides is 1. The van der Waals surface area contributed by atoms with Crippen LogP contribution in [-0.2, 0) is 17.8 Å². The van der Waals surface area contributed by atoms with Gasteiger partial charge in [0.15, 0.2) is 0 Å². The summed E-state index contributed by atoms with van der Waals surface area (Å²) in [5, 5.41) is 20.2. The van der Waals surface area contributed by atoms with Crippen molar-refractivity contribution in [3.05, 3.63) is 83.4 Å². The number of aromatic nitrogens is 3. The van der Waals surface area contributed by atoms with Crippen molar-refractivity contribution in [1.29, 1.82) is 0 Å². The topological polar surface area (TPSA) is 80.0 Å². The quantitative estimate of drug-likeness (QED) is 0.628. The SMILES string of the molecule is CC(O)c1cn(CC(=O)NC(CCc2ccccc2)c2cccc(F)c2)nn1. The molecule has 0 bridgehead atoms. The maximum atomic E-state index is 13.7. The molecule has 0 fully saturated rings. The number of benzene rings is 2. The first-order valence-corrected chi connectivity index (χ1v) is 9.18. The Bertz CT molecular complexity index is 912. The predicted molar refractivity (Wildman–Crippen MR) is 103 cm³/mol. The first-order valence-electron chi connectivity index (χ1n) is 9.18. The average Bonchev–Trinajstić information content (AvgIpc) is 3.14. The van der Waals surface area contributed by atoms with E-state index in [1.807, 2.05) is 30.3 Å². The van der Waals surface area contributed by atoms with Gasteiger partial charge in [-0.2, -0.15) is 0 Å². The van der Waals surface area contributed by atoms with Crippen LogP contribution in [-0.4, -0.2) is 26.0 Å². The Hall–Kier alpha value is -3.06. The lowest BCUT2D eigenvalue weighted by Gasteiger charge is -2.19. The van der Waals surface area contributed by atoms with Gasteiger partial charge in [0.1, 0.15) is 18.1 Å². The van der Waals surface area contributed by atoms with Crippen molar-refractivity contribution in [2.45, 2.75) is 38.5 Å². The molecule has 1 amide bonds. The van der Waals surface area contributed by atoms with Gasteiger partial charge < -0.3 is 10.4 Å². The fourth-order valence-electron chi connectivity index (χ4n) is 2.97. The molecule has 2 aromatic carbocycles. The Labute approximate surface area is 163 Å². The number of nitrogens with zero attached hydrogens (tertiary/aromatic N) is 3. The van der Waals surface area contributed by atoms with E-state index in [-0.39, 0.29) is 24.3 Å². The number of nitrogens with one attached hydrogen (secondary N) is 1. The van der Waals surface area contributed by atoms with E-state index < -0.39 is 6.10 Å². The fraction of sp³-hybridized carbons (Fsp3) is 0.286. The Kier molecular flexibility index (Phi) is 6.49. The van der Waals surface area contributed by atoms with E-state index in [9.17, 15) is 14.3 Å². The Morgan fingerprint density at radius 1 is 1.21 bits per heavy atom. The lowest BCUT2D eigenvalue weighted by molar-refractivity contribution is -0.122. The van der Waals surface area contributed by atoms with Crippen molar-refractivity contribution in [2.75, 3.05) is 0 Å². The molecule has 0 saturated carbocycles. The van der Waals surface area contributed by atoms with Crippen LogP contribution in [0.4, 0.5) is 4.39 Å². The van der Waals surface area contributed by atoms with E-state index in [1.165, 1.54) is 23.0 Å². The third-order valence-electron chi connectivity index (χ3n) is 4.44. The molecule has 146 valence electrons. The van der Waals surface area contributed by atoms with E-state index >= 15 is 0 Å². The second-order valence-electron chi connectivity index (χ2n) is 6.72. The molecule has 1 heterocycles. The smallest absolute Gasteiger partial charge is 0.242 e. The lowest BCUT2D eigenvalue weighted by Crippen LogP contribution is -2.32. The molecule has 0 aliphatic heterocycles. The average molecular weight is 382 g/mol. The number of aliphatic hydroxyl groups is 1. The summed E-state index contributed by atoms with van der Waals surface area (Å²) in [6, 6.07) is 15.9. The molecular weight excluding hydrogens is 359 g/mol. The van der Waals surface area contributed by atoms with Crippen molar-refractivity contribution in [3.63, 3.8) is 0 Å². The zero-order valence-corrected chi connectivity index (χ0v) is 15.6. The Balaban J connectivity index is 1.69. The number of aryl methyl sites for hydroxylation is 1. The predicted octanol–water partition coefficient (Wildman–Crippen LogP) is 2.96. The van der Waals surface area contributed by atoms with Gasteiger partial charge in [0, 0.05) is 0 Å². The zero-order valence-electron chi connectivity index (χ0n) is 15.6. The van der Waals surface area contributed by atoms with Gasteiger partial charge >= 0.3 is 0 Å². The molecule has 0 spiro atoms. The molecule has 2 atom stereocenters. The summed E-state index contributed by atoms with van der Waals surface area (Å²) in [7, 11) is 0. The summed E-state index contributed by atoms with van der Waals surface area (Å²) in [6.45, 7) is 1.55. The van der Waals surface area contributed by atoms with Crippen molar-refractivity contribution < 1.29 is 14.3 Å². The molecule has 0 aliphatic rings. The van der Waals surface area contributed by atoms with E-state index in [0.29, 0.717) is 17.7 Å². The van der Waals surface area contributed by atoms with Crippen molar-refractivity contribution in [1.82, 2.24) is 20.3 Å². The van der Waals surface area contributed by atoms with Gasteiger partial charge in [-0.1, -0.05) is 47.7 Å². The monoisotopic (exact) mass is 382 g/mol. The van der Waals surface area contributed by atoms with Gasteiger partial charge in [-0.05, 0) is 43.0 Å². The molecule has 28 heavy (non-hydrogen) atoms. The van der Waals surface area contributed by atoms with Crippen LogP contribution in [0.2, 0.25) is 0 Å². The highest BCUT2D eigenvalue weighted by Gasteiger charge is 2.17. The van der Waals surface area contributed by atoms with E-state index in [2.05, 4.69) is 15.6 Å². The number of halogens is 1. The van der Waals surface area contributed by atoms with Crippen LogP contribution in [0, 0.1) is 5.82 Å². The summed E-state index contributed by atoms with van der Waals surface area (Å²) >= 11 is 0. The van der Waals surface area contributed by atoms with Gasteiger partial charge in [0.25, 0.3) is 0 Å². The number of carbonyl (C=O) groups is 1. The summed E-state index contributed by atoms with van der Waals surface area (Å²) in [5.41, 5.74) is 2.27. The first kappa shape index (κ1) is 19.7. The minimum atomic E-state index is -0.747. The molecule has 6 nitrogen and oxygen atoms in total. The molecule has 0 saturated heterocycles. The minimum absolute atomic E-state index is 0.0309. The van der Waals surface area contributed by atoms with E-state index in [1.54, 1.807) is 19.1 Å². The molecule has 7 heteroatoms. The van der Waals surface area contributed by atoms with Crippen LogP contribution in [0.3, 0.4) is 0 Å². The Morgan fingerprint density at radius 3 is 2.68 bits per heavy atom. The molecule has 3 aromatic rings. The molecular formula is C21H23FN4O2. The summed E-state index contributed by atoms with van der Waals surface area (Å²) in [5.74, 6) is -0.598. The Morgan fingerprint density at radius 2 is 2.00 bits per heavy atom. The third-order valence-corrected chi connectivity index (χ3v) is 4.44. The van der Waals surface area contributed by atoms with Gasteiger partial charge in [-0.25, -0.2) is 9.07 Å². The number of carbonyl (C=O) groups excluding carboxylic acids is 1. The lowest BCUT2D eigenvalue weighted by atomic mass is 9.98. The molecule has 2 unspecified atom stereocenters. The molecule has 1 aromatic heterocycles. The molecule has 0 aliphatic carbocycles. The van der Waals surface area contributed by atoms with Crippen LogP contribution in [0.5, 0.6) is 0 Å².